The fraction of sp³-hybridized carbons (Fsp3) is 0.188. The largest absolute Gasteiger partial charge is 0.322 e. The van der Waals surface area contributed by atoms with Crippen molar-refractivity contribution in [1.29, 1.82) is 0 Å². The van der Waals surface area contributed by atoms with E-state index in [1.165, 1.54) is 30.3 Å². The first kappa shape index (κ1) is 17.6. The Labute approximate surface area is 139 Å². The van der Waals surface area contributed by atoms with Crippen LogP contribution in [0.15, 0.2) is 42.5 Å². The number of nitrogens with one attached hydrogen (secondary N) is 1. The van der Waals surface area contributed by atoms with Gasteiger partial charge in [-0.1, -0.05) is 12.1 Å². The van der Waals surface area contributed by atoms with Gasteiger partial charge in [0, 0.05) is 29.1 Å². The monoisotopic (exact) mass is 348 g/mol. The summed E-state index contributed by atoms with van der Waals surface area (Å²) in [6.45, 7) is 1.59. The minimum absolute atomic E-state index is 0.0156. The Morgan fingerprint density at radius 1 is 1.17 bits per heavy atom. The van der Waals surface area contributed by atoms with Gasteiger partial charge in [-0.3, -0.25) is 14.9 Å². The number of nitro groups is 1. The molecule has 0 saturated carbocycles. The quantitative estimate of drug-likeness (QED) is 0.660. The van der Waals surface area contributed by atoms with E-state index in [-0.39, 0.29) is 17.3 Å². The van der Waals surface area contributed by atoms with Crippen molar-refractivity contribution in [2.75, 3.05) is 11.6 Å². The molecular weight excluding hydrogens is 332 g/mol. The fourth-order valence-electron chi connectivity index (χ4n) is 2.20. The molecule has 2 aromatic rings. The molecule has 0 aliphatic heterocycles. The number of amides is 1. The van der Waals surface area contributed by atoms with E-state index < -0.39 is 14.8 Å². The Morgan fingerprint density at radius 2 is 1.79 bits per heavy atom. The van der Waals surface area contributed by atoms with Crippen LogP contribution in [0.4, 0.5) is 11.4 Å². The number of rotatable bonds is 5. The van der Waals surface area contributed by atoms with Crippen LogP contribution in [0.2, 0.25) is 0 Å². The highest BCUT2D eigenvalue weighted by Crippen LogP contribution is 2.22. The van der Waals surface area contributed by atoms with Crippen molar-refractivity contribution in [3.8, 4) is 0 Å². The zero-order valence-corrected chi connectivity index (χ0v) is 14.0. The average Bonchev–Trinajstić information content (AvgIpc) is 2.45. The summed E-state index contributed by atoms with van der Waals surface area (Å²) in [5.74, 6) is -0.467. The smallest absolute Gasteiger partial charge is 0.272 e. The van der Waals surface area contributed by atoms with Gasteiger partial charge >= 0.3 is 0 Å². The van der Waals surface area contributed by atoms with Crippen LogP contribution in [0.5, 0.6) is 0 Å². The van der Waals surface area contributed by atoms with Crippen LogP contribution >= 0.6 is 0 Å². The highest BCUT2D eigenvalue weighted by Gasteiger charge is 2.12. The lowest BCUT2D eigenvalue weighted by Crippen LogP contribution is -2.12. The van der Waals surface area contributed by atoms with Crippen molar-refractivity contribution < 1.29 is 18.1 Å². The van der Waals surface area contributed by atoms with Gasteiger partial charge in [0.15, 0.2) is 9.84 Å². The second kappa shape index (κ2) is 6.79. The molecule has 0 heterocycles. The Hall–Kier alpha value is -2.74. The maximum absolute atomic E-state index is 12.2. The van der Waals surface area contributed by atoms with Gasteiger partial charge in [0.05, 0.1) is 10.7 Å². The molecule has 24 heavy (non-hydrogen) atoms. The Balaban J connectivity index is 2.12. The van der Waals surface area contributed by atoms with Crippen molar-refractivity contribution in [2.45, 2.75) is 12.7 Å². The Morgan fingerprint density at radius 3 is 2.29 bits per heavy atom. The second-order valence-electron chi connectivity index (χ2n) is 5.48. The van der Waals surface area contributed by atoms with Gasteiger partial charge < -0.3 is 5.32 Å². The SMILES string of the molecule is Cc1cc(NC(=O)c2ccc(CS(C)(=O)=O)cc2)ccc1[N+](=O)[O-]. The molecule has 0 atom stereocenters. The van der Waals surface area contributed by atoms with E-state index in [0.717, 1.165) is 6.26 Å². The molecule has 0 bridgehead atoms. The van der Waals surface area contributed by atoms with Gasteiger partial charge in [0.1, 0.15) is 0 Å². The molecule has 0 aromatic heterocycles. The molecule has 7 nitrogen and oxygen atoms in total. The van der Waals surface area contributed by atoms with E-state index in [2.05, 4.69) is 5.32 Å². The molecule has 1 amide bonds. The van der Waals surface area contributed by atoms with Gasteiger partial charge in [-0.15, -0.1) is 0 Å². The highest BCUT2D eigenvalue weighted by atomic mass is 32.2. The summed E-state index contributed by atoms with van der Waals surface area (Å²) in [4.78, 5) is 22.5. The summed E-state index contributed by atoms with van der Waals surface area (Å²) in [7, 11) is -3.13. The third-order valence-corrected chi connectivity index (χ3v) is 4.15. The predicted molar refractivity (Wildman–Crippen MR) is 90.8 cm³/mol. The first-order chi connectivity index (χ1) is 11.2. The molecule has 0 saturated heterocycles. The molecule has 0 aliphatic carbocycles. The van der Waals surface area contributed by atoms with E-state index in [4.69, 9.17) is 0 Å². The molecule has 126 valence electrons. The third-order valence-electron chi connectivity index (χ3n) is 3.30. The van der Waals surface area contributed by atoms with Crippen LogP contribution in [-0.4, -0.2) is 25.5 Å². The van der Waals surface area contributed by atoms with E-state index >= 15 is 0 Å². The number of sulfone groups is 1. The first-order valence-electron chi connectivity index (χ1n) is 6.99. The number of benzene rings is 2. The normalized spacial score (nSPS) is 11.1. The molecule has 0 spiro atoms. The molecule has 0 radical (unpaired) electrons. The minimum atomic E-state index is -3.13. The lowest BCUT2D eigenvalue weighted by molar-refractivity contribution is -0.385. The number of carbonyl (C=O) groups is 1. The zero-order valence-electron chi connectivity index (χ0n) is 13.1. The maximum atomic E-state index is 12.2. The van der Waals surface area contributed by atoms with Crippen molar-refractivity contribution in [3.05, 3.63) is 69.3 Å². The lowest BCUT2D eigenvalue weighted by atomic mass is 10.1. The van der Waals surface area contributed by atoms with Crippen molar-refractivity contribution >= 4 is 27.1 Å². The van der Waals surface area contributed by atoms with Crippen LogP contribution in [0.25, 0.3) is 0 Å². The van der Waals surface area contributed by atoms with Crippen molar-refractivity contribution in [3.63, 3.8) is 0 Å². The highest BCUT2D eigenvalue weighted by molar-refractivity contribution is 7.89. The minimum Gasteiger partial charge on any atom is -0.322 e. The van der Waals surface area contributed by atoms with Crippen LogP contribution < -0.4 is 5.32 Å². The summed E-state index contributed by atoms with van der Waals surface area (Å²) >= 11 is 0. The van der Waals surface area contributed by atoms with Gasteiger partial charge in [-0.05, 0) is 36.8 Å². The number of carbonyl (C=O) groups excluding carboxylic acids is 1. The number of hydrogen-bond donors (Lipinski definition) is 1. The molecule has 2 rings (SSSR count). The van der Waals surface area contributed by atoms with E-state index in [1.807, 2.05) is 0 Å². The first-order valence-corrected chi connectivity index (χ1v) is 9.05. The second-order valence-corrected chi connectivity index (χ2v) is 7.62. The average molecular weight is 348 g/mol. The molecule has 0 aliphatic rings. The van der Waals surface area contributed by atoms with Crippen LogP contribution in [-0.2, 0) is 15.6 Å². The number of hydrogen-bond acceptors (Lipinski definition) is 5. The molecular formula is C16H16N2O5S. The number of aryl methyl sites for hydroxylation is 1. The van der Waals surface area contributed by atoms with Gasteiger partial charge in [0.2, 0.25) is 0 Å². The maximum Gasteiger partial charge on any atom is 0.272 e. The van der Waals surface area contributed by atoms with Crippen molar-refractivity contribution in [1.82, 2.24) is 0 Å². The van der Waals surface area contributed by atoms with E-state index in [0.29, 0.717) is 22.4 Å². The molecule has 0 fully saturated rings. The summed E-state index contributed by atoms with van der Waals surface area (Å²) in [6, 6.07) is 10.5. The number of anilines is 1. The molecule has 8 heteroatoms. The van der Waals surface area contributed by atoms with Crippen LogP contribution in [0.3, 0.4) is 0 Å². The summed E-state index contributed by atoms with van der Waals surface area (Å²) in [5.41, 5.74) is 1.84. The third kappa shape index (κ3) is 4.63. The summed E-state index contributed by atoms with van der Waals surface area (Å²) in [5, 5.41) is 13.4. The predicted octanol–water partition coefficient (Wildman–Crippen LogP) is 2.70. The Kier molecular flexibility index (Phi) is 4.99. The summed E-state index contributed by atoms with van der Waals surface area (Å²) in [6.07, 6.45) is 1.14. The fourth-order valence-corrected chi connectivity index (χ4v) is 2.99. The summed E-state index contributed by atoms with van der Waals surface area (Å²) < 4.78 is 22.5. The standard InChI is InChI=1S/C16H16N2O5S/c1-11-9-14(7-8-15(11)18(20)21)17-16(19)13-5-3-12(4-6-13)10-24(2,22)23/h3-9H,10H2,1-2H3,(H,17,19). The van der Waals surface area contributed by atoms with E-state index in [1.54, 1.807) is 19.1 Å². The zero-order chi connectivity index (χ0) is 17.9. The topological polar surface area (TPSA) is 106 Å². The molecule has 1 N–H and O–H groups in total. The number of nitro benzene ring substituents is 1. The van der Waals surface area contributed by atoms with Gasteiger partial charge in [0.25, 0.3) is 11.6 Å². The van der Waals surface area contributed by atoms with Gasteiger partial charge in [-0.2, -0.15) is 0 Å². The Bertz CT molecular complexity index is 889. The van der Waals surface area contributed by atoms with Crippen LogP contribution in [0.1, 0.15) is 21.5 Å². The number of nitrogens with zero attached hydrogens (tertiary/aromatic N) is 1. The van der Waals surface area contributed by atoms with Crippen LogP contribution in [0, 0.1) is 17.0 Å². The van der Waals surface area contributed by atoms with E-state index in [9.17, 15) is 23.3 Å². The van der Waals surface area contributed by atoms with Crippen molar-refractivity contribution in [2.24, 2.45) is 0 Å². The molecule has 2 aromatic carbocycles. The lowest BCUT2D eigenvalue weighted by Gasteiger charge is -2.07. The van der Waals surface area contributed by atoms with Gasteiger partial charge in [-0.25, -0.2) is 8.42 Å². The molecule has 0 unspecified atom stereocenters.